The molecule has 1 aliphatic rings. The highest BCUT2D eigenvalue weighted by atomic mass is 16.5. The second-order valence-corrected chi connectivity index (χ2v) is 5.45. The van der Waals surface area contributed by atoms with Gasteiger partial charge in [0.25, 0.3) is 0 Å². The molecular weight excluding hydrogens is 260 g/mol. The predicted molar refractivity (Wildman–Crippen MR) is 73.8 cm³/mol. The van der Waals surface area contributed by atoms with Crippen LogP contribution < -0.4 is 4.90 Å². The Morgan fingerprint density at radius 1 is 1.65 bits per heavy atom. The van der Waals surface area contributed by atoms with E-state index in [1.807, 2.05) is 19.9 Å². The Hall–Kier alpha value is -1.66. The number of ether oxygens (including phenoxy) is 2. The maximum absolute atomic E-state index is 11.5. The van der Waals surface area contributed by atoms with E-state index in [0.717, 1.165) is 5.69 Å². The molecule has 0 radical (unpaired) electrons. The molecule has 1 saturated heterocycles. The van der Waals surface area contributed by atoms with Crippen molar-refractivity contribution in [1.29, 1.82) is 0 Å². The Bertz CT molecular complexity index is 490. The molecule has 110 valence electrons. The molecule has 1 atom stereocenters. The zero-order valence-corrected chi connectivity index (χ0v) is 12.0. The highest BCUT2D eigenvalue weighted by Gasteiger charge is 2.33. The molecule has 1 unspecified atom stereocenters. The number of carbonyl (C=O) groups is 1. The summed E-state index contributed by atoms with van der Waals surface area (Å²) in [7, 11) is 1.33. The molecule has 0 spiro atoms. The van der Waals surface area contributed by atoms with Crippen molar-refractivity contribution >= 4 is 11.7 Å². The first-order chi connectivity index (χ1) is 9.45. The van der Waals surface area contributed by atoms with Crippen LogP contribution in [0.25, 0.3) is 0 Å². The third-order valence-electron chi connectivity index (χ3n) is 3.19. The summed E-state index contributed by atoms with van der Waals surface area (Å²) in [5.74, 6) is -0.460. The van der Waals surface area contributed by atoms with Crippen LogP contribution in [0.1, 0.15) is 24.3 Å². The number of methoxy groups -OCH3 is 1. The summed E-state index contributed by atoms with van der Waals surface area (Å²) < 4.78 is 10.5. The third-order valence-corrected chi connectivity index (χ3v) is 3.19. The number of carbonyl (C=O) groups excluding carboxylic acids is 1. The SMILES string of the molecule is COC(=O)c1cc(N2CC(CO)OC(C)(C)C2)ccn1. The van der Waals surface area contributed by atoms with Gasteiger partial charge in [-0.2, -0.15) is 0 Å². The molecule has 0 aliphatic carbocycles. The van der Waals surface area contributed by atoms with Crippen molar-refractivity contribution < 1.29 is 19.4 Å². The first kappa shape index (κ1) is 14.7. The number of anilines is 1. The molecule has 1 aliphatic heterocycles. The van der Waals surface area contributed by atoms with E-state index in [2.05, 4.69) is 14.6 Å². The number of aliphatic hydroxyl groups is 1. The summed E-state index contributed by atoms with van der Waals surface area (Å²) in [4.78, 5) is 17.6. The summed E-state index contributed by atoms with van der Waals surface area (Å²) in [6, 6.07) is 3.53. The lowest BCUT2D eigenvalue weighted by molar-refractivity contribution is -0.101. The van der Waals surface area contributed by atoms with Crippen LogP contribution in [-0.2, 0) is 9.47 Å². The van der Waals surface area contributed by atoms with Gasteiger partial charge in [0.1, 0.15) is 5.69 Å². The number of rotatable bonds is 3. The molecule has 0 bridgehead atoms. The minimum absolute atomic E-state index is 0.0329. The van der Waals surface area contributed by atoms with E-state index in [4.69, 9.17) is 4.74 Å². The fourth-order valence-electron chi connectivity index (χ4n) is 2.42. The van der Waals surface area contributed by atoms with Gasteiger partial charge in [0.15, 0.2) is 0 Å². The van der Waals surface area contributed by atoms with Crippen LogP contribution in [-0.4, -0.2) is 54.6 Å². The summed E-state index contributed by atoms with van der Waals surface area (Å²) in [5, 5.41) is 9.33. The molecule has 0 aromatic carbocycles. The molecule has 1 aromatic rings. The van der Waals surface area contributed by atoms with E-state index in [-0.39, 0.29) is 24.0 Å². The van der Waals surface area contributed by atoms with E-state index in [9.17, 15) is 9.90 Å². The monoisotopic (exact) mass is 280 g/mol. The van der Waals surface area contributed by atoms with Gasteiger partial charge in [-0.1, -0.05) is 0 Å². The van der Waals surface area contributed by atoms with Crippen molar-refractivity contribution in [3.05, 3.63) is 24.0 Å². The fraction of sp³-hybridized carbons (Fsp3) is 0.571. The maximum Gasteiger partial charge on any atom is 0.356 e. The molecule has 2 heterocycles. The third kappa shape index (κ3) is 3.26. The van der Waals surface area contributed by atoms with Crippen molar-refractivity contribution in [1.82, 2.24) is 4.98 Å². The highest BCUT2D eigenvalue weighted by Crippen LogP contribution is 2.26. The van der Waals surface area contributed by atoms with Crippen molar-refractivity contribution in [2.45, 2.75) is 25.6 Å². The normalized spacial score (nSPS) is 21.6. The van der Waals surface area contributed by atoms with Gasteiger partial charge in [-0.3, -0.25) is 0 Å². The van der Waals surface area contributed by atoms with Crippen LogP contribution in [0.5, 0.6) is 0 Å². The molecule has 1 N–H and O–H groups in total. The Labute approximate surface area is 118 Å². The van der Waals surface area contributed by atoms with E-state index in [1.165, 1.54) is 7.11 Å². The zero-order valence-electron chi connectivity index (χ0n) is 12.0. The average Bonchev–Trinajstić information content (AvgIpc) is 2.44. The Kier molecular flexibility index (Phi) is 4.25. The first-order valence-electron chi connectivity index (χ1n) is 6.53. The van der Waals surface area contributed by atoms with Gasteiger partial charge in [-0.25, -0.2) is 9.78 Å². The predicted octanol–water partition coefficient (Wildman–Crippen LogP) is 0.844. The minimum atomic E-state index is -0.460. The van der Waals surface area contributed by atoms with E-state index >= 15 is 0 Å². The van der Waals surface area contributed by atoms with Crippen LogP contribution >= 0.6 is 0 Å². The number of hydrogen-bond acceptors (Lipinski definition) is 6. The topological polar surface area (TPSA) is 71.9 Å². The smallest absolute Gasteiger partial charge is 0.356 e. The van der Waals surface area contributed by atoms with Crippen LogP contribution in [0.3, 0.4) is 0 Å². The van der Waals surface area contributed by atoms with Gasteiger partial charge in [-0.15, -0.1) is 0 Å². The van der Waals surface area contributed by atoms with Crippen LogP contribution in [0, 0.1) is 0 Å². The Morgan fingerprint density at radius 3 is 3.05 bits per heavy atom. The minimum Gasteiger partial charge on any atom is -0.464 e. The van der Waals surface area contributed by atoms with Gasteiger partial charge in [0.2, 0.25) is 0 Å². The fourth-order valence-corrected chi connectivity index (χ4v) is 2.42. The molecule has 6 heteroatoms. The second-order valence-electron chi connectivity index (χ2n) is 5.45. The van der Waals surface area contributed by atoms with Crippen LogP contribution in [0.4, 0.5) is 5.69 Å². The van der Waals surface area contributed by atoms with Gasteiger partial charge < -0.3 is 19.5 Å². The van der Waals surface area contributed by atoms with E-state index in [1.54, 1.807) is 12.3 Å². The number of esters is 1. The molecule has 1 fully saturated rings. The summed E-state index contributed by atoms with van der Waals surface area (Å²) in [6.07, 6.45) is 1.34. The summed E-state index contributed by atoms with van der Waals surface area (Å²) in [6.45, 7) is 5.17. The van der Waals surface area contributed by atoms with Gasteiger partial charge in [-0.05, 0) is 26.0 Å². The molecule has 0 amide bonds. The lowest BCUT2D eigenvalue weighted by Gasteiger charge is -2.43. The van der Waals surface area contributed by atoms with Crippen molar-refractivity contribution in [3.8, 4) is 0 Å². The summed E-state index contributed by atoms with van der Waals surface area (Å²) in [5.41, 5.74) is 0.783. The number of aliphatic hydroxyl groups excluding tert-OH is 1. The van der Waals surface area contributed by atoms with Crippen molar-refractivity contribution in [2.75, 3.05) is 31.7 Å². The average molecular weight is 280 g/mol. The molecule has 1 aromatic heterocycles. The number of hydrogen-bond donors (Lipinski definition) is 1. The maximum atomic E-state index is 11.5. The van der Waals surface area contributed by atoms with Gasteiger partial charge >= 0.3 is 5.97 Å². The van der Waals surface area contributed by atoms with Crippen molar-refractivity contribution in [3.63, 3.8) is 0 Å². The lowest BCUT2D eigenvalue weighted by atomic mass is 10.0. The first-order valence-corrected chi connectivity index (χ1v) is 6.53. The standard InChI is InChI=1S/C14H20N2O4/c1-14(2)9-16(7-11(8-17)20-14)10-4-5-15-12(6-10)13(18)19-3/h4-6,11,17H,7-9H2,1-3H3. The van der Waals surface area contributed by atoms with Gasteiger partial charge in [0, 0.05) is 25.0 Å². The number of morpholine rings is 1. The van der Waals surface area contributed by atoms with Crippen LogP contribution in [0.15, 0.2) is 18.3 Å². The quantitative estimate of drug-likeness (QED) is 0.827. The van der Waals surface area contributed by atoms with E-state index in [0.29, 0.717) is 13.1 Å². The molecular formula is C14H20N2O4. The molecule has 20 heavy (non-hydrogen) atoms. The van der Waals surface area contributed by atoms with Crippen LogP contribution in [0.2, 0.25) is 0 Å². The van der Waals surface area contributed by atoms with E-state index < -0.39 is 5.97 Å². The zero-order chi connectivity index (χ0) is 14.8. The number of aromatic nitrogens is 1. The largest absolute Gasteiger partial charge is 0.464 e. The molecule has 0 saturated carbocycles. The second kappa shape index (κ2) is 5.76. The van der Waals surface area contributed by atoms with Gasteiger partial charge in [0.05, 0.1) is 25.4 Å². The summed E-state index contributed by atoms with van der Waals surface area (Å²) >= 11 is 0. The molecule has 2 rings (SSSR count). The number of pyridine rings is 1. The lowest BCUT2D eigenvalue weighted by Crippen LogP contribution is -2.54. The molecule has 6 nitrogen and oxygen atoms in total. The highest BCUT2D eigenvalue weighted by molar-refractivity contribution is 5.88. The Morgan fingerprint density at radius 2 is 2.40 bits per heavy atom. The number of nitrogens with zero attached hydrogens (tertiary/aromatic N) is 2. The van der Waals surface area contributed by atoms with Crippen molar-refractivity contribution in [2.24, 2.45) is 0 Å². The Balaban J connectivity index is 2.24.